The minimum atomic E-state index is -1.52. The molecule has 0 aliphatic carbocycles. The lowest BCUT2D eigenvalue weighted by Gasteiger charge is -2.34. The molecule has 0 amide bonds. The molecule has 1 aliphatic rings. The van der Waals surface area contributed by atoms with Gasteiger partial charge in [0, 0.05) is 18.9 Å². The standard InChI is InChI=1S/C12H18N2O6S/c1-6-3-14(11(21)13-10(6)18)12(5-19-2)9(17)8(16)7(4-15)20-12/h3,7-9,15-17H,4-5H2,1-2H3,(H,13,18,21)/t7-,8-,9-,12-/m1/s1. The van der Waals surface area contributed by atoms with Crippen molar-refractivity contribution in [1.29, 1.82) is 0 Å². The molecule has 2 heterocycles. The van der Waals surface area contributed by atoms with Crippen molar-refractivity contribution in [2.45, 2.75) is 31.0 Å². The Morgan fingerprint density at radius 1 is 1.57 bits per heavy atom. The van der Waals surface area contributed by atoms with Crippen LogP contribution in [0.4, 0.5) is 0 Å². The molecule has 0 unspecified atom stereocenters. The molecule has 4 N–H and O–H groups in total. The molecule has 118 valence electrons. The zero-order valence-electron chi connectivity index (χ0n) is 11.6. The van der Waals surface area contributed by atoms with Gasteiger partial charge >= 0.3 is 0 Å². The van der Waals surface area contributed by atoms with E-state index in [2.05, 4.69) is 4.98 Å². The van der Waals surface area contributed by atoms with Gasteiger partial charge < -0.3 is 24.8 Å². The number of aryl methyl sites for hydroxylation is 1. The van der Waals surface area contributed by atoms with Crippen LogP contribution in [0.3, 0.4) is 0 Å². The molecule has 0 radical (unpaired) electrons. The third-order valence-electron chi connectivity index (χ3n) is 3.58. The van der Waals surface area contributed by atoms with Crippen molar-refractivity contribution in [3.8, 4) is 0 Å². The van der Waals surface area contributed by atoms with E-state index >= 15 is 0 Å². The lowest BCUT2D eigenvalue weighted by atomic mass is 10.0. The average molecular weight is 318 g/mol. The maximum atomic E-state index is 11.6. The lowest BCUT2D eigenvalue weighted by Crippen LogP contribution is -2.50. The van der Waals surface area contributed by atoms with Gasteiger partial charge in [0.05, 0.1) is 13.2 Å². The molecular formula is C12H18N2O6S. The Labute approximate surface area is 125 Å². The van der Waals surface area contributed by atoms with Gasteiger partial charge in [-0.3, -0.25) is 14.3 Å². The minimum Gasteiger partial charge on any atom is -0.394 e. The van der Waals surface area contributed by atoms with Crippen LogP contribution in [-0.2, 0) is 15.2 Å². The maximum Gasteiger partial charge on any atom is 0.254 e. The highest BCUT2D eigenvalue weighted by molar-refractivity contribution is 7.71. The van der Waals surface area contributed by atoms with Crippen LogP contribution in [0.15, 0.2) is 11.0 Å². The molecule has 4 atom stereocenters. The summed E-state index contributed by atoms with van der Waals surface area (Å²) in [5.41, 5.74) is -1.51. The SMILES string of the molecule is COC[C@@]1(n2cc(C)c(=O)[nH]c2=S)O[C@H](CO)[C@@H](O)[C@H]1O. The maximum absolute atomic E-state index is 11.6. The molecule has 21 heavy (non-hydrogen) atoms. The minimum absolute atomic E-state index is 0.0208. The van der Waals surface area contributed by atoms with Crippen LogP contribution >= 0.6 is 12.2 Å². The number of H-pyrrole nitrogens is 1. The predicted molar refractivity (Wildman–Crippen MR) is 74.4 cm³/mol. The first-order valence-electron chi connectivity index (χ1n) is 6.34. The number of hydrogen-bond donors (Lipinski definition) is 4. The number of aromatic nitrogens is 2. The average Bonchev–Trinajstić information content (AvgIpc) is 2.69. The van der Waals surface area contributed by atoms with Crippen LogP contribution in [0.5, 0.6) is 0 Å². The fourth-order valence-corrected chi connectivity index (χ4v) is 2.76. The van der Waals surface area contributed by atoms with Gasteiger partial charge in [-0.15, -0.1) is 0 Å². The number of aromatic amines is 1. The number of methoxy groups -OCH3 is 1. The first-order valence-corrected chi connectivity index (χ1v) is 6.75. The lowest BCUT2D eigenvalue weighted by molar-refractivity contribution is -0.179. The van der Waals surface area contributed by atoms with E-state index in [-0.39, 0.29) is 16.9 Å². The summed E-state index contributed by atoms with van der Waals surface area (Å²) in [5, 5.41) is 29.6. The largest absolute Gasteiger partial charge is 0.394 e. The summed E-state index contributed by atoms with van der Waals surface area (Å²) < 4.78 is 12.1. The molecule has 1 aromatic heterocycles. The summed E-state index contributed by atoms with van der Waals surface area (Å²) in [7, 11) is 1.40. The van der Waals surface area contributed by atoms with E-state index in [0.29, 0.717) is 5.56 Å². The molecule has 0 aromatic carbocycles. The number of nitrogens with one attached hydrogen (secondary N) is 1. The molecule has 9 heteroatoms. The molecule has 8 nitrogen and oxygen atoms in total. The number of aliphatic hydroxyl groups excluding tert-OH is 3. The van der Waals surface area contributed by atoms with Crippen LogP contribution in [0.25, 0.3) is 0 Å². The van der Waals surface area contributed by atoms with Crippen molar-refractivity contribution in [3.05, 3.63) is 26.9 Å². The summed E-state index contributed by atoms with van der Waals surface area (Å²) in [6.45, 7) is 0.979. The molecule has 1 fully saturated rings. The molecule has 0 spiro atoms. The Morgan fingerprint density at radius 3 is 2.76 bits per heavy atom. The van der Waals surface area contributed by atoms with Crippen molar-refractivity contribution in [3.63, 3.8) is 0 Å². The topological polar surface area (TPSA) is 117 Å². The second-order valence-electron chi connectivity index (χ2n) is 4.99. The summed E-state index contributed by atoms with van der Waals surface area (Å²) in [6.07, 6.45) is -2.24. The van der Waals surface area contributed by atoms with Gasteiger partial charge in [-0.2, -0.15) is 0 Å². The summed E-state index contributed by atoms with van der Waals surface area (Å²) in [5.74, 6) is 0. The van der Waals surface area contributed by atoms with Crippen LogP contribution in [-0.4, -0.2) is 63.5 Å². The highest BCUT2D eigenvalue weighted by atomic mass is 32.1. The number of hydrogen-bond acceptors (Lipinski definition) is 7. The number of rotatable bonds is 4. The predicted octanol–water partition coefficient (Wildman–Crippen LogP) is -1.37. The number of nitrogens with zero attached hydrogens (tertiary/aromatic N) is 1. The van der Waals surface area contributed by atoms with Gasteiger partial charge in [-0.25, -0.2) is 0 Å². The molecule has 1 saturated heterocycles. The Balaban J connectivity index is 2.62. The van der Waals surface area contributed by atoms with Crippen LogP contribution in [0, 0.1) is 11.7 Å². The summed E-state index contributed by atoms with van der Waals surface area (Å²) in [6, 6.07) is 0. The number of aliphatic hydroxyl groups is 3. The van der Waals surface area contributed by atoms with E-state index in [1.54, 1.807) is 6.92 Å². The third kappa shape index (κ3) is 2.56. The van der Waals surface area contributed by atoms with Crippen molar-refractivity contribution in [2.24, 2.45) is 0 Å². The Kier molecular flexibility index (Phi) is 4.61. The monoisotopic (exact) mass is 318 g/mol. The van der Waals surface area contributed by atoms with Crippen LogP contribution in [0.2, 0.25) is 0 Å². The van der Waals surface area contributed by atoms with E-state index in [1.807, 2.05) is 0 Å². The van der Waals surface area contributed by atoms with Crippen molar-refractivity contribution >= 4 is 12.2 Å². The van der Waals surface area contributed by atoms with Crippen molar-refractivity contribution in [1.82, 2.24) is 9.55 Å². The van der Waals surface area contributed by atoms with E-state index in [4.69, 9.17) is 21.7 Å². The summed E-state index contributed by atoms with van der Waals surface area (Å²) >= 11 is 5.10. The van der Waals surface area contributed by atoms with Crippen LogP contribution < -0.4 is 5.56 Å². The smallest absolute Gasteiger partial charge is 0.254 e. The molecule has 1 aliphatic heterocycles. The quantitative estimate of drug-likeness (QED) is 0.506. The van der Waals surface area contributed by atoms with Crippen molar-refractivity contribution < 1.29 is 24.8 Å². The molecule has 0 bridgehead atoms. The van der Waals surface area contributed by atoms with E-state index in [9.17, 15) is 20.1 Å². The van der Waals surface area contributed by atoms with Gasteiger partial charge in [-0.1, -0.05) is 0 Å². The Hall–Kier alpha value is -1.10. The van der Waals surface area contributed by atoms with Gasteiger partial charge in [0.1, 0.15) is 18.3 Å². The molecule has 2 rings (SSSR count). The molecule has 0 saturated carbocycles. The zero-order chi connectivity index (χ0) is 15.8. The van der Waals surface area contributed by atoms with Gasteiger partial charge in [0.2, 0.25) is 0 Å². The number of ether oxygens (including phenoxy) is 2. The third-order valence-corrected chi connectivity index (χ3v) is 3.88. The normalized spacial score (nSPS) is 32.5. The van der Waals surface area contributed by atoms with Gasteiger partial charge in [0.15, 0.2) is 10.5 Å². The van der Waals surface area contributed by atoms with E-state index in [1.165, 1.54) is 17.9 Å². The molecule has 1 aromatic rings. The Morgan fingerprint density at radius 2 is 2.24 bits per heavy atom. The second-order valence-corrected chi connectivity index (χ2v) is 5.38. The van der Waals surface area contributed by atoms with Gasteiger partial charge in [0.25, 0.3) is 5.56 Å². The first-order chi connectivity index (χ1) is 9.87. The van der Waals surface area contributed by atoms with E-state index in [0.717, 1.165) is 0 Å². The first kappa shape index (κ1) is 16.3. The molecular weight excluding hydrogens is 300 g/mol. The van der Waals surface area contributed by atoms with Gasteiger partial charge in [-0.05, 0) is 19.1 Å². The fraction of sp³-hybridized carbons (Fsp3) is 0.667. The Bertz CT molecular complexity index is 629. The highest BCUT2D eigenvalue weighted by Gasteiger charge is 2.55. The zero-order valence-corrected chi connectivity index (χ0v) is 12.5. The summed E-state index contributed by atoms with van der Waals surface area (Å²) in [4.78, 5) is 14.0. The van der Waals surface area contributed by atoms with Crippen molar-refractivity contribution in [2.75, 3.05) is 20.3 Å². The van der Waals surface area contributed by atoms with Crippen LogP contribution in [0.1, 0.15) is 5.56 Å². The second kappa shape index (κ2) is 5.95. The fourth-order valence-electron chi connectivity index (χ4n) is 2.46. The highest BCUT2D eigenvalue weighted by Crippen LogP contribution is 2.36. The van der Waals surface area contributed by atoms with E-state index < -0.39 is 30.6 Å².